The number of pyridine rings is 1. The summed E-state index contributed by atoms with van der Waals surface area (Å²) in [5.74, 6) is 3.91. The minimum absolute atomic E-state index is 0.637. The smallest absolute Gasteiger partial charge is 0.147 e. The van der Waals surface area contributed by atoms with E-state index in [1.807, 2.05) is 19.2 Å². The highest BCUT2D eigenvalue weighted by atomic mass is 16.5. The van der Waals surface area contributed by atoms with Crippen molar-refractivity contribution in [3.63, 3.8) is 0 Å². The standard InChI is InChI=1S/C18H25N5O/c1-14-11-19-7-4-16(14)24-13-15-5-9-22(10-6-15)12-18-21-20-17-3-2-8-23(17)18/h4,7,11,15H,2-3,5-6,8-10,12-13H2,1H3. The first-order chi connectivity index (χ1) is 11.8. The third-order valence-corrected chi connectivity index (χ3v) is 5.20. The third kappa shape index (κ3) is 3.29. The molecule has 1 fully saturated rings. The lowest BCUT2D eigenvalue weighted by Crippen LogP contribution is -2.35. The zero-order valence-corrected chi connectivity index (χ0v) is 14.3. The molecule has 2 aromatic heterocycles. The van der Waals surface area contributed by atoms with E-state index in [0.29, 0.717) is 5.92 Å². The van der Waals surface area contributed by atoms with Crippen LogP contribution in [0.5, 0.6) is 5.75 Å². The van der Waals surface area contributed by atoms with Crippen LogP contribution < -0.4 is 4.74 Å². The lowest BCUT2D eigenvalue weighted by atomic mass is 9.98. The number of ether oxygens (including phenoxy) is 1. The van der Waals surface area contributed by atoms with E-state index < -0.39 is 0 Å². The van der Waals surface area contributed by atoms with Crippen LogP contribution in [0, 0.1) is 12.8 Å². The van der Waals surface area contributed by atoms with Crippen LogP contribution in [-0.2, 0) is 19.5 Å². The molecule has 128 valence electrons. The number of rotatable bonds is 5. The van der Waals surface area contributed by atoms with Gasteiger partial charge in [0.15, 0.2) is 0 Å². The van der Waals surface area contributed by atoms with Gasteiger partial charge in [0, 0.05) is 30.9 Å². The number of fused-ring (bicyclic) bond motifs is 1. The predicted molar refractivity (Wildman–Crippen MR) is 90.8 cm³/mol. The van der Waals surface area contributed by atoms with Gasteiger partial charge in [-0.1, -0.05) is 0 Å². The van der Waals surface area contributed by atoms with Crippen molar-refractivity contribution in [2.45, 2.75) is 45.7 Å². The van der Waals surface area contributed by atoms with Crippen LogP contribution in [0.4, 0.5) is 0 Å². The Kier molecular flexibility index (Phi) is 4.47. The number of aromatic nitrogens is 4. The van der Waals surface area contributed by atoms with Crippen LogP contribution in [0.25, 0.3) is 0 Å². The van der Waals surface area contributed by atoms with Gasteiger partial charge in [-0.25, -0.2) is 0 Å². The van der Waals surface area contributed by atoms with Gasteiger partial charge in [0.2, 0.25) is 0 Å². The summed E-state index contributed by atoms with van der Waals surface area (Å²) in [5, 5.41) is 8.69. The maximum absolute atomic E-state index is 5.99. The lowest BCUT2D eigenvalue weighted by Gasteiger charge is -2.31. The Bertz CT molecular complexity index is 690. The lowest BCUT2D eigenvalue weighted by molar-refractivity contribution is 0.133. The van der Waals surface area contributed by atoms with Crippen molar-refractivity contribution >= 4 is 0 Å². The molecule has 0 radical (unpaired) electrons. The van der Waals surface area contributed by atoms with Crippen molar-refractivity contribution in [2.24, 2.45) is 5.92 Å². The summed E-state index contributed by atoms with van der Waals surface area (Å²) in [6.45, 7) is 7.11. The van der Waals surface area contributed by atoms with E-state index in [0.717, 1.165) is 56.3 Å². The van der Waals surface area contributed by atoms with Crippen LogP contribution in [0.3, 0.4) is 0 Å². The van der Waals surface area contributed by atoms with Gasteiger partial charge in [-0.05, 0) is 51.3 Å². The van der Waals surface area contributed by atoms with E-state index in [9.17, 15) is 0 Å². The molecule has 2 aromatic rings. The molecule has 0 aliphatic carbocycles. The Balaban J connectivity index is 1.25. The van der Waals surface area contributed by atoms with Crippen molar-refractivity contribution < 1.29 is 4.74 Å². The largest absolute Gasteiger partial charge is 0.493 e. The monoisotopic (exact) mass is 327 g/mol. The Morgan fingerprint density at radius 3 is 2.92 bits per heavy atom. The maximum atomic E-state index is 5.99. The first-order valence-corrected chi connectivity index (χ1v) is 8.96. The van der Waals surface area contributed by atoms with Crippen LogP contribution in [0.2, 0.25) is 0 Å². The second-order valence-corrected chi connectivity index (χ2v) is 6.96. The third-order valence-electron chi connectivity index (χ3n) is 5.20. The molecule has 1 saturated heterocycles. The molecule has 2 aliphatic rings. The molecule has 6 nitrogen and oxygen atoms in total. The molecule has 0 atom stereocenters. The molecule has 24 heavy (non-hydrogen) atoms. The van der Waals surface area contributed by atoms with Crippen molar-refractivity contribution in [2.75, 3.05) is 19.7 Å². The molecule has 0 bridgehead atoms. The van der Waals surface area contributed by atoms with Crippen LogP contribution in [-0.4, -0.2) is 44.3 Å². The number of hydrogen-bond donors (Lipinski definition) is 0. The van der Waals surface area contributed by atoms with Gasteiger partial charge in [-0.15, -0.1) is 10.2 Å². The molecular formula is C18H25N5O. The molecular weight excluding hydrogens is 302 g/mol. The van der Waals surface area contributed by atoms with Gasteiger partial charge >= 0.3 is 0 Å². The van der Waals surface area contributed by atoms with Crippen LogP contribution in [0.15, 0.2) is 18.5 Å². The fourth-order valence-corrected chi connectivity index (χ4v) is 3.67. The fraction of sp³-hybridized carbons (Fsp3) is 0.611. The summed E-state index contributed by atoms with van der Waals surface area (Å²) >= 11 is 0. The van der Waals surface area contributed by atoms with Crippen molar-refractivity contribution in [3.05, 3.63) is 35.7 Å². The normalized spacial score (nSPS) is 18.7. The van der Waals surface area contributed by atoms with Crippen molar-refractivity contribution in [3.8, 4) is 5.75 Å². The van der Waals surface area contributed by atoms with Crippen molar-refractivity contribution in [1.29, 1.82) is 0 Å². The summed E-state index contributed by atoms with van der Waals surface area (Å²) in [4.78, 5) is 6.61. The quantitative estimate of drug-likeness (QED) is 0.843. The Labute approximate surface area is 142 Å². The van der Waals surface area contributed by atoms with Gasteiger partial charge in [0.1, 0.15) is 17.4 Å². The second kappa shape index (κ2) is 6.89. The molecule has 6 heteroatoms. The summed E-state index contributed by atoms with van der Waals surface area (Å²) in [6, 6.07) is 1.95. The molecule has 0 amide bonds. The average Bonchev–Trinajstić information content (AvgIpc) is 3.21. The average molecular weight is 327 g/mol. The Morgan fingerprint density at radius 1 is 1.21 bits per heavy atom. The van der Waals surface area contributed by atoms with Gasteiger partial charge in [0.25, 0.3) is 0 Å². The van der Waals surface area contributed by atoms with E-state index in [1.165, 1.54) is 25.1 Å². The Morgan fingerprint density at radius 2 is 2.08 bits per heavy atom. The minimum atomic E-state index is 0.637. The van der Waals surface area contributed by atoms with E-state index in [4.69, 9.17) is 4.74 Å². The van der Waals surface area contributed by atoms with Crippen LogP contribution in [0.1, 0.15) is 36.5 Å². The number of hydrogen-bond acceptors (Lipinski definition) is 5. The summed E-state index contributed by atoms with van der Waals surface area (Å²) < 4.78 is 8.30. The molecule has 0 N–H and O–H groups in total. The second-order valence-electron chi connectivity index (χ2n) is 6.96. The van der Waals surface area contributed by atoms with E-state index >= 15 is 0 Å². The van der Waals surface area contributed by atoms with Gasteiger partial charge < -0.3 is 9.30 Å². The van der Waals surface area contributed by atoms with E-state index in [-0.39, 0.29) is 0 Å². The number of piperidine rings is 1. The number of nitrogens with zero attached hydrogens (tertiary/aromatic N) is 5. The molecule has 0 unspecified atom stereocenters. The SMILES string of the molecule is Cc1cnccc1OCC1CCN(Cc2nnc3n2CCC3)CC1. The fourth-order valence-electron chi connectivity index (χ4n) is 3.67. The van der Waals surface area contributed by atoms with Gasteiger partial charge in [0.05, 0.1) is 13.2 Å². The zero-order chi connectivity index (χ0) is 16.4. The van der Waals surface area contributed by atoms with E-state index in [1.54, 1.807) is 6.20 Å². The first kappa shape index (κ1) is 15.6. The van der Waals surface area contributed by atoms with E-state index in [2.05, 4.69) is 24.6 Å². The molecule has 0 saturated carbocycles. The zero-order valence-electron chi connectivity index (χ0n) is 14.3. The number of likely N-dealkylation sites (tertiary alicyclic amines) is 1. The molecule has 4 heterocycles. The predicted octanol–water partition coefficient (Wildman–Crippen LogP) is 2.22. The molecule has 0 spiro atoms. The van der Waals surface area contributed by atoms with Gasteiger partial charge in [-0.3, -0.25) is 9.88 Å². The topological polar surface area (TPSA) is 56.1 Å². The summed E-state index contributed by atoms with van der Waals surface area (Å²) in [7, 11) is 0. The minimum Gasteiger partial charge on any atom is -0.493 e. The first-order valence-electron chi connectivity index (χ1n) is 8.96. The molecule has 4 rings (SSSR count). The summed E-state index contributed by atoms with van der Waals surface area (Å²) in [6.07, 6.45) is 8.32. The highest BCUT2D eigenvalue weighted by Gasteiger charge is 2.23. The highest BCUT2D eigenvalue weighted by molar-refractivity contribution is 5.28. The van der Waals surface area contributed by atoms with Gasteiger partial charge in [-0.2, -0.15) is 0 Å². The molecule has 2 aliphatic heterocycles. The van der Waals surface area contributed by atoms with Crippen molar-refractivity contribution in [1.82, 2.24) is 24.6 Å². The maximum Gasteiger partial charge on any atom is 0.147 e. The number of aryl methyl sites for hydroxylation is 2. The highest BCUT2D eigenvalue weighted by Crippen LogP contribution is 2.23. The summed E-state index contributed by atoms with van der Waals surface area (Å²) in [5.41, 5.74) is 1.11. The Hall–Kier alpha value is -1.95. The van der Waals surface area contributed by atoms with Crippen LogP contribution >= 0.6 is 0 Å². The molecule has 0 aromatic carbocycles.